The Bertz CT molecular complexity index is 468. The van der Waals surface area contributed by atoms with Crippen LogP contribution < -0.4 is 5.73 Å². The first kappa shape index (κ1) is 14.9. The maximum Gasteiger partial charge on any atom is 0.272 e. The van der Waals surface area contributed by atoms with E-state index in [4.69, 9.17) is 5.73 Å². The molecule has 1 aromatic carbocycles. The van der Waals surface area contributed by atoms with Gasteiger partial charge in [0.05, 0.1) is 4.92 Å². The summed E-state index contributed by atoms with van der Waals surface area (Å²) < 4.78 is 0. The predicted molar refractivity (Wildman–Crippen MR) is 79.5 cm³/mol. The first-order chi connectivity index (χ1) is 9.61. The van der Waals surface area contributed by atoms with E-state index < -0.39 is 0 Å². The third-order valence-electron chi connectivity index (χ3n) is 4.29. The number of nitrogens with two attached hydrogens (primary N) is 1. The summed E-state index contributed by atoms with van der Waals surface area (Å²) in [6, 6.07) is 5.35. The Morgan fingerprint density at radius 1 is 1.40 bits per heavy atom. The minimum Gasteiger partial charge on any atom is -0.330 e. The van der Waals surface area contributed by atoms with E-state index in [9.17, 15) is 10.1 Å². The number of hydrogen-bond acceptors (Lipinski definition) is 4. The Hall–Kier alpha value is -1.46. The molecule has 0 atom stereocenters. The largest absolute Gasteiger partial charge is 0.330 e. The van der Waals surface area contributed by atoms with E-state index in [1.807, 2.05) is 13.0 Å². The van der Waals surface area contributed by atoms with Crippen molar-refractivity contribution in [2.24, 2.45) is 11.7 Å². The van der Waals surface area contributed by atoms with Crippen LogP contribution in [0, 0.1) is 23.0 Å². The lowest BCUT2D eigenvalue weighted by atomic mass is 9.93. The van der Waals surface area contributed by atoms with Crippen molar-refractivity contribution in [3.8, 4) is 0 Å². The average molecular weight is 277 g/mol. The first-order valence-electron chi connectivity index (χ1n) is 7.27. The molecule has 110 valence electrons. The average Bonchev–Trinajstić information content (AvgIpc) is 2.43. The van der Waals surface area contributed by atoms with Crippen molar-refractivity contribution in [2.45, 2.75) is 32.7 Å². The van der Waals surface area contributed by atoms with Crippen molar-refractivity contribution in [1.29, 1.82) is 0 Å². The van der Waals surface area contributed by atoms with Crippen LogP contribution in [0.1, 0.15) is 30.4 Å². The first-order valence-corrected chi connectivity index (χ1v) is 7.27. The van der Waals surface area contributed by atoms with Crippen LogP contribution in [0.25, 0.3) is 0 Å². The maximum absolute atomic E-state index is 11.0. The molecule has 2 rings (SSSR count). The van der Waals surface area contributed by atoms with Crippen LogP contribution in [0.3, 0.4) is 0 Å². The molecule has 0 amide bonds. The summed E-state index contributed by atoms with van der Waals surface area (Å²) in [7, 11) is 0. The summed E-state index contributed by atoms with van der Waals surface area (Å²) in [6.07, 6.45) is 3.49. The van der Waals surface area contributed by atoms with Crippen molar-refractivity contribution < 1.29 is 4.92 Å². The fraction of sp³-hybridized carbons (Fsp3) is 0.600. The smallest absolute Gasteiger partial charge is 0.272 e. The highest BCUT2D eigenvalue weighted by Crippen LogP contribution is 2.25. The molecule has 0 aromatic heterocycles. The lowest BCUT2D eigenvalue weighted by Crippen LogP contribution is -2.34. The van der Waals surface area contributed by atoms with Gasteiger partial charge in [-0.1, -0.05) is 12.1 Å². The molecule has 1 aromatic rings. The number of piperidine rings is 1. The monoisotopic (exact) mass is 277 g/mol. The summed E-state index contributed by atoms with van der Waals surface area (Å²) in [5.74, 6) is 0.752. The molecule has 1 aliphatic heterocycles. The Kier molecular flexibility index (Phi) is 5.09. The minimum absolute atomic E-state index is 0.223. The van der Waals surface area contributed by atoms with Gasteiger partial charge >= 0.3 is 0 Å². The van der Waals surface area contributed by atoms with Crippen LogP contribution >= 0.6 is 0 Å². The van der Waals surface area contributed by atoms with Crippen LogP contribution in [0.4, 0.5) is 5.69 Å². The van der Waals surface area contributed by atoms with Gasteiger partial charge in [-0.2, -0.15) is 0 Å². The molecule has 5 heteroatoms. The highest BCUT2D eigenvalue weighted by atomic mass is 16.6. The molecule has 1 heterocycles. The van der Waals surface area contributed by atoms with Gasteiger partial charge in [0, 0.05) is 18.2 Å². The second-order valence-corrected chi connectivity index (χ2v) is 5.62. The van der Waals surface area contributed by atoms with Crippen molar-refractivity contribution >= 4 is 5.69 Å². The van der Waals surface area contributed by atoms with E-state index >= 15 is 0 Å². The molecule has 1 fully saturated rings. The standard InChI is InChI=1S/C15H23N3O2/c1-12-14(3-2-4-15(12)18(19)20)11-17-9-6-13(5-8-16)7-10-17/h2-4,13H,5-11,16H2,1H3. The molecule has 0 spiro atoms. The lowest BCUT2D eigenvalue weighted by Gasteiger charge is -2.32. The van der Waals surface area contributed by atoms with E-state index in [1.54, 1.807) is 12.1 Å². The van der Waals surface area contributed by atoms with Gasteiger partial charge in [0.1, 0.15) is 0 Å². The summed E-state index contributed by atoms with van der Waals surface area (Å²) in [5.41, 5.74) is 7.69. The zero-order chi connectivity index (χ0) is 14.5. The zero-order valence-corrected chi connectivity index (χ0v) is 12.0. The van der Waals surface area contributed by atoms with Gasteiger partial charge in [-0.15, -0.1) is 0 Å². The molecule has 1 saturated heterocycles. The fourth-order valence-electron chi connectivity index (χ4n) is 2.95. The molecular weight excluding hydrogens is 254 g/mol. The molecule has 20 heavy (non-hydrogen) atoms. The van der Waals surface area contributed by atoms with Crippen LogP contribution in [0.15, 0.2) is 18.2 Å². The topological polar surface area (TPSA) is 72.4 Å². The van der Waals surface area contributed by atoms with Gasteiger partial charge in [-0.05, 0) is 57.3 Å². The Balaban J connectivity index is 1.98. The molecule has 2 N–H and O–H groups in total. The number of hydrogen-bond donors (Lipinski definition) is 1. The minimum atomic E-state index is -0.299. The van der Waals surface area contributed by atoms with Gasteiger partial charge in [0.15, 0.2) is 0 Å². The molecule has 0 aliphatic carbocycles. The Morgan fingerprint density at radius 3 is 2.70 bits per heavy atom. The normalized spacial score (nSPS) is 17.3. The molecule has 0 saturated carbocycles. The van der Waals surface area contributed by atoms with Crippen molar-refractivity contribution in [1.82, 2.24) is 4.90 Å². The highest BCUT2D eigenvalue weighted by molar-refractivity contribution is 5.44. The lowest BCUT2D eigenvalue weighted by molar-refractivity contribution is -0.385. The second kappa shape index (κ2) is 6.81. The third kappa shape index (κ3) is 3.55. The number of nitro groups is 1. The van der Waals surface area contributed by atoms with E-state index in [0.717, 1.165) is 49.6 Å². The predicted octanol–water partition coefficient (Wildman–Crippen LogP) is 2.46. The number of benzene rings is 1. The molecular formula is C15H23N3O2. The van der Waals surface area contributed by atoms with Crippen LogP contribution in [0.5, 0.6) is 0 Å². The SMILES string of the molecule is Cc1c(CN2CCC(CCN)CC2)cccc1[N+](=O)[O-]. The molecule has 0 bridgehead atoms. The quantitative estimate of drug-likeness (QED) is 0.663. The highest BCUT2D eigenvalue weighted by Gasteiger charge is 2.20. The molecule has 5 nitrogen and oxygen atoms in total. The van der Waals surface area contributed by atoms with Crippen LogP contribution in [-0.2, 0) is 6.54 Å². The van der Waals surface area contributed by atoms with Crippen molar-refractivity contribution in [3.63, 3.8) is 0 Å². The number of nitro benzene ring substituents is 1. The van der Waals surface area contributed by atoms with Gasteiger partial charge in [0.2, 0.25) is 0 Å². The van der Waals surface area contributed by atoms with E-state index in [2.05, 4.69) is 4.90 Å². The van der Waals surface area contributed by atoms with E-state index in [0.29, 0.717) is 0 Å². The van der Waals surface area contributed by atoms with E-state index in [-0.39, 0.29) is 10.6 Å². The molecule has 0 radical (unpaired) electrons. The number of likely N-dealkylation sites (tertiary alicyclic amines) is 1. The van der Waals surface area contributed by atoms with Crippen LogP contribution in [-0.4, -0.2) is 29.5 Å². The van der Waals surface area contributed by atoms with Crippen LogP contribution in [0.2, 0.25) is 0 Å². The van der Waals surface area contributed by atoms with Gasteiger partial charge in [-0.25, -0.2) is 0 Å². The molecule has 1 aliphatic rings. The summed E-state index contributed by atoms with van der Waals surface area (Å²) in [4.78, 5) is 13.0. The van der Waals surface area contributed by atoms with Gasteiger partial charge in [-0.3, -0.25) is 15.0 Å². The van der Waals surface area contributed by atoms with E-state index in [1.165, 1.54) is 12.8 Å². The number of nitrogens with zero attached hydrogens (tertiary/aromatic N) is 2. The summed E-state index contributed by atoms with van der Waals surface area (Å²) in [5, 5.41) is 11.0. The van der Waals surface area contributed by atoms with Gasteiger partial charge < -0.3 is 5.73 Å². The Morgan fingerprint density at radius 2 is 2.10 bits per heavy atom. The summed E-state index contributed by atoms with van der Waals surface area (Å²) >= 11 is 0. The molecule has 0 unspecified atom stereocenters. The third-order valence-corrected chi connectivity index (χ3v) is 4.29. The zero-order valence-electron chi connectivity index (χ0n) is 12.0. The van der Waals surface area contributed by atoms with Crippen molar-refractivity contribution in [3.05, 3.63) is 39.4 Å². The summed E-state index contributed by atoms with van der Waals surface area (Å²) in [6.45, 7) is 5.55. The van der Waals surface area contributed by atoms with Gasteiger partial charge in [0.25, 0.3) is 5.69 Å². The van der Waals surface area contributed by atoms with Crippen molar-refractivity contribution in [2.75, 3.05) is 19.6 Å². The fourth-order valence-corrected chi connectivity index (χ4v) is 2.95. The Labute approximate surface area is 119 Å². The second-order valence-electron chi connectivity index (χ2n) is 5.62. The number of rotatable bonds is 5. The maximum atomic E-state index is 11.0.